The zero-order valence-corrected chi connectivity index (χ0v) is 11.6. The molecule has 0 fully saturated rings. The molecular weight excluding hydrogens is 274 g/mol. The Morgan fingerprint density at radius 3 is 2.86 bits per heavy atom. The first-order chi connectivity index (χ1) is 10.1. The predicted molar refractivity (Wildman–Crippen MR) is 77.8 cm³/mol. The van der Waals surface area contributed by atoms with Crippen molar-refractivity contribution in [1.82, 2.24) is 10.6 Å². The zero-order chi connectivity index (χ0) is 15.2. The maximum Gasteiger partial charge on any atom is 0.287 e. The molecule has 2 amide bonds. The molecule has 0 aliphatic carbocycles. The lowest BCUT2D eigenvalue weighted by atomic mass is 10.2. The van der Waals surface area contributed by atoms with E-state index in [1.54, 1.807) is 31.4 Å². The van der Waals surface area contributed by atoms with Gasteiger partial charge in [-0.2, -0.15) is 0 Å². The average molecular weight is 291 g/mol. The highest BCUT2D eigenvalue weighted by atomic mass is 16.5. The van der Waals surface area contributed by atoms with Crippen LogP contribution in [0.2, 0.25) is 0 Å². The number of hydrogen-bond acceptors (Lipinski definition) is 5. The van der Waals surface area contributed by atoms with Crippen LogP contribution in [0.4, 0.5) is 5.69 Å². The van der Waals surface area contributed by atoms with Crippen molar-refractivity contribution >= 4 is 28.5 Å². The van der Waals surface area contributed by atoms with E-state index >= 15 is 0 Å². The molecule has 0 aliphatic heterocycles. The molecule has 0 saturated heterocycles. The molecule has 1 heterocycles. The Labute approximate surface area is 121 Å². The van der Waals surface area contributed by atoms with Crippen molar-refractivity contribution in [3.63, 3.8) is 0 Å². The van der Waals surface area contributed by atoms with Gasteiger partial charge in [0.25, 0.3) is 5.91 Å². The number of rotatable bonds is 6. The number of furan rings is 1. The van der Waals surface area contributed by atoms with Crippen molar-refractivity contribution < 1.29 is 18.7 Å². The molecule has 0 unspecified atom stereocenters. The van der Waals surface area contributed by atoms with Gasteiger partial charge in [0.05, 0.1) is 13.2 Å². The number of nitrogens with one attached hydrogen (secondary N) is 2. The number of benzene rings is 1. The molecule has 4 N–H and O–H groups in total. The quantitative estimate of drug-likeness (QED) is 0.531. The summed E-state index contributed by atoms with van der Waals surface area (Å²) in [4.78, 5) is 23.3. The van der Waals surface area contributed by atoms with E-state index in [1.165, 1.54) is 0 Å². The minimum absolute atomic E-state index is 0.123. The number of methoxy groups -OCH3 is 1. The van der Waals surface area contributed by atoms with E-state index in [2.05, 4.69) is 10.6 Å². The van der Waals surface area contributed by atoms with E-state index < -0.39 is 5.91 Å². The van der Waals surface area contributed by atoms with Gasteiger partial charge in [0.15, 0.2) is 5.76 Å². The van der Waals surface area contributed by atoms with Gasteiger partial charge < -0.3 is 25.5 Å². The number of ether oxygens (including phenoxy) is 1. The Morgan fingerprint density at radius 2 is 2.10 bits per heavy atom. The van der Waals surface area contributed by atoms with E-state index in [-0.39, 0.29) is 18.2 Å². The molecule has 21 heavy (non-hydrogen) atoms. The van der Waals surface area contributed by atoms with Crippen LogP contribution in [0, 0.1) is 0 Å². The van der Waals surface area contributed by atoms with Crippen molar-refractivity contribution in [2.75, 3.05) is 32.5 Å². The third kappa shape index (κ3) is 3.96. The van der Waals surface area contributed by atoms with Crippen LogP contribution in [-0.4, -0.2) is 38.6 Å². The summed E-state index contributed by atoms with van der Waals surface area (Å²) in [5.41, 5.74) is 6.82. The van der Waals surface area contributed by atoms with Crippen LogP contribution in [0.1, 0.15) is 10.6 Å². The third-order valence-corrected chi connectivity index (χ3v) is 2.80. The van der Waals surface area contributed by atoms with E-state index in [9.17, 15) is 9.59 Å². The van der Waals surface area contributed by atoms with Crippen LogP contribution < -0.4 is 16.4 Å². The molecule has 1 aromatic carbocycles. The SMILES string of the molecule is COCCNC(=O)CNC(=O)c1cc2cc(N)ccc2o1. The van der Waals surface area contributed by atoms with E-state index in [0.29, 0.717) is 24.4 Å². The van der Waals surface area contributed by atoms with Crippen LogP contribution in [0.15, 0.2) is 28.7 Å². The minimum atomic E-state index is -0.452. The van der Waals surface area contributed by atoms with Crippen LogP contribution >= 0.6 is 0 Å². The monoisotopic (exact) mass is 291 g/mol. The summed E-state index contributed by atoms with van der Waals surface area (Å²) in [5, 5.41) is 5.82. The first kappa shape index (κ1) is 14.9. The van der Waals surface area contributed by atoms with Crippen LogP contribution in [0.3, 0.4) is 0 Å². The molecule has 0 saturated carbocycles. The van der Waals surface area contributed by atoms with Crippen molar-refractivity contribution in [3.05, 3.63) is 30.0 Å². The van der Waals surface area contributed by atoms with Crippen molar-refractivity contribution in [3.8, 4) is 0 Å². The first-order valence-electron chi connectivity index (χ1n) is 6.43. The van der Waals surface area contributed by atoms with Crippen molar-refractivity contribution in [2.45, 2.75) is 0 Å². The Balaban J connectivity index is 1.91. The lowest BCUT2D eigenvalue weighted by Crippen LogP contribution is -2.38. The molecule has 7 nitrogen and oxygen atoms in total. The average Bonchev–Trinajstić information content (AvgIpc) is 2.88. The van der Waals surface area contributed by atoms with E-state index in [0.717, 1.165) is 5.39 Å². The second-order valence-corrected chi connectivity index (χ2v) is 4.43. The van der Waals surface area contributed by atoms with Crippen LogP contribution in [-0.2, 0) is 9.53 Å². The Bertz CT molecular complexity index is 651. The predicted octanol–water partition coefficient (Wildman–Crippen LogP) is 0.507. The fourth-order valence-corrected chi connectivity index (χ4v) is 1.78. The topological polar surface area (TPSA) is 107 Å². The van der Waals surface area contributed by atoms with Gasteiger partial charge in [-0.15, -0.1) is 0 Å². The Morgan fingerprint density at radius 1 is 1.29 bits per heavy atom. The molecule has 0 bridgehead atoms. The second-order valence-electron chi connectivity index (χ2n) is 4.43. The molecule has 0 radical (unpaired) electrons. The summed E-state index contributed by atoms with van der Waals surface area (Å²) in [7, 11) is 1.54. The largest absolute Gasteiger partial charge is 0.451 e. The molecule has 0 aliphatic rings. The summed E-state index contributed by atoms with van der Waals surface area (Å²) < 4.78 is 10.2. The van der Waals surface area contributed by atoms with Gasteiger partial charge in [-0.05, 0) is 24.3 Å². The number of amides is 2. The molecule has 7 heteroatoms. The Kier molecular flexibility index (Phi) is 4.78. The summed E-state index contributed by atoms with van der Waals surface area (Å²) >= 11 is 0. The van der Waals surface area contributed by atoms with Crippen molar-refractivity contribution in [1.29, 1.82) is 0 Å². The lowest BCUT2D eigenvalue weighted by Gasteiger charge is -2.05. The standard InChI is InChI=1S/C14H17N3O4/c1-20-5-4-16-13(18)8-17-14(19)12-7-9-6-10(15)2-3-11(9)21-12/h2-3,6-7H,4-5,8,15H2,1H3,(H,16,18)(H,17,19). The fraction of sp³-hybridized carbons (Fsp3) is 0.286. The maximum atomic E-state index is 11.9. The number of anilines is 1. The smallest absolute Gasteiger partial charge is 0.287 e. The van der Waals surface area contributed by atoms with Gasteiger partial charge in [0.1, 0.15) is 5.58 Å². The lowest BCUT2D eigenvalue weighted by molar-refractivity contribution is -0.120. The fourth-order valence-electron chi connectivity index (χ4n) is 1.78. The molecular formula is C14H17N3O4. The van der Waals surface area contributed by atoms with Gasteiger partial charge >= 0.3 is 0 Å². The summed E-state index contributed by atoms with van der Waals surface area (Å²) in [6.45, 7) is 0.696. The maximum absolute atomic E-state index is 11.9. The number of nitrogens with two attached hydrogens (primary N) is 1. The molecule has 0 spiro atoms. The highest BCUT2D eigenvalue weighted by Gasteiger charge is 2.13. The zero-order valence-electron chi connectivity index (χ0n) is 11.6. The summed E-state index contributed by atoms with van der Waals surface area (Å²) in [6, 6.07) is 6.69. The van der Waals surface area contributed by atoms with Gasteiger partial charge in [-0.3, -0.25) is 9.59 Å². The highest BCUT2D eigenvalue weighted by Crippen LogP contribution is 2.21. The van der Waals surface area contributed by atoms with Crippen LogP contribution in [0.5, 0.6) is 0 Å². The molecule has 2 rings (SSSR count). The van der Waals surface area contributed by atoms with Gasteiger partial charge in [-0.1, -0.05) is 0 Å². The van der Waals surface area contributed by atoms with E-state index in [4.69, 9.17) is 14.9 Å². The van der Waals surface area contributed by atoms with Gasteiger partial charge in [0, 0.05) is 24.7 Å². The highest BCUT2D eigenvalue weighted by molar-refractivity contribution is 5.98. The molecule has 1 aromatic heterocycles. The van der Waals surface area contributed by atoms with Gasteiger partial charge in [-0.25, -0.2) is 0 Å². The summed E-state index contributed by atoms with van der Waals surface area (Å²) in [5.74, 6) is -0.604. The number of nitrogen functional groups attached to an aromatic ring is 1. The number of carbonyl (C=O) groups excluding carboxylic acids is 2. The second kappa shape index (κ2) is 6.76. The minimum Gasteiger partial charge on any atom is -0.451 e. The van der Waals surface area contributed by atoms with E-state index in [1.807, 2.05) is 0 Å². The van der Waals surface area contributed by atoms with Gasteiger partial charge in [0.2, 0.25) is 5.91 Å². The number of carbonyl (C=O) groups is 2. The van der Waals surface area contributed by atoms with Crippen molar-refractivity contribution in [2.24, 2.45) is 0 Å². The first-order valence-corrected chi connectivity index (χ1v) is 6.43. The van der Waals surface area contributed by atoms with Crippen LogP contribution in [0.25, 0.3) is 11.0 Å². The molecule has 0 atom stereocenters. The summed E-state index contributed by atoms with van der Waals surface area (Å²) in [6.07, 6.45) is 0. The normalized spacial score (nSPS) is 10.5. The number of hydrogen-bond donors (Lipinski definition) is 3. The third-order valence-electron chi connectivity index (χ3n) is 2.80. The molecule has 112 valence electrons. The molecule has 2 aromatic rings. The Hall–Kier alpha value is -2.54. The number of fused-ring (bicyclic) bond motifs is 1.